The summed E-state index contributed by atoms with van der Waals surface area (Å²) in [6, 6.07) is 5.60. The molecule has 2 nitrogen and oxygen atoms in total. The molecule has 0 unspecified atom stereocenters. The van der Waals surface area contributed by atoms with Crippen molar-refractivity contribution in [1.82, 2.24) is 0 Å². The number of aliphatic hydroxyl groups is 1. The molecule has 1 fully saturated rings. The second-order valence-electron chi connectivity index (χ2n) is 4.80. The zero-order chi connectivity index (χ0) is 13.1. The van der Waals surface area contributed by atoms with E-state index in [1.165, 1.54) is 30.3 Å². The first-order valence-electron chi connectivity index (χ1n) is 6.24. The molecule has 0 radical (unpaired) electrons. The molecule has 0 amide bonds. The van der Waals surface area contributed by atoms with Crippen LogP contribution in [0.5, 0.6) is 0 Å². The monoisotopic (exact) mass is 248 g/mol. The summed E-state index contributed by atoms with van der Waals surface area (Å²) in [5, 5.41) is 9.84. The molecule has 0 aromatic heterocycles. The smallest absolute Gasteiger partial charge is 0.166 e. The third-order valence-corrected chi connectivity index (χ3v) is 3.72. The highest BCUT2D eigenvalue weighted by molar-refractivity contribution is 5.98. The summed E-state index contributed by atoms with van der Waals surface area (Å²) in [5.74, 6) is -0.581. The van der Waals surface area contributed by atoms with Crippen molar-refractivity contribution < 1.29 is 14.3 Å². The van der Waals surface area contributed by atoms with E-state index >= 15 is 0 Å². The minimum Gasteiger partial charge on any atom is -0.389 e. The maximum absolute atomic E-state index is 12.8. The summed E-state index contributed by atoms with van der Waals surface area (Å²) in [4.78, 5) is 12.3. The number of hydrogen-bond donors (Lipinski definition) is 1. The van der Waals surface area contributed by atoms with E-state index in [4.69, 9.17) is 0 Å². The van der Waals surface area contributed by atoms with Gasteiger partial charge in [0, 0.05) is 11.5 Å². The van der Waals surface area contributed by atoms with Crippen molar-refractivity contribution in [2.75, 3.05) is 0 Å². The maximum Gasteiger partial charge on any atom is 0.166 e. The average Bonchev–Trinajstić information content (AvgIpc) is 2.87. The molecule has 1 aromatic carbocycles. The minimum absolute atomic E-state index is 0.00148. The highest BCUT2D eigenvalue weighted by Crippen LogP contribution is 2.36. The van der Waals surface area contributed by atoms with Crippen molar-refractivity contribution in [2.45, 2.75) is 25.4 Å². The van der Waals surface area contributed by atoms with E-state index in [2.05, 4.69) is 6.58 Å². The zero-order valence-electron chi connectivity index (χ0n) is 10.2. The average molecular weight is 248 g/mol. The van der Waals surface area contributed by atoms with Gasteiger partial charge in [0.1, 0.15) is 5.82 Å². The van der Waals surface area contributed by atoms with Gasteiger partial charge in [-0.3, -0.25) is 4.79 Å². The van der Waals surface area contributed by atoms with Crippen molar-refractivity contribution in [3.63, 3.8) is 0 Å². The number of hydrogen-bond acceptors (Lipinski definition) is 2. The van der Waals surface area contributed by atoms with E-state index in [9.17, 15) is 14.3 Å². The molecule has 0 spiro atoms. The second-order valence-corrected chi connectivity index (χ2v) is 4.80. The molecule has 96 valence electrons. The fraction of sp³-hybridized carbons (Fsp3) is 0.400. The largest absolute Gasteiger partial charge is 0.389 e. The van der Waals surface area contributed by atoms with E-state index < -0.39 is 6.10 Å². The molecule has 3 atom stereocenters. The molecule has 0 saturated heterocycles. The third-order valence-electron chi connectivity index (χ3n) is 3.72. The van der Waals surface area contributed by atoms with Crippen LogP contribution in [0.15, 0.2) is 36.9 Å². The molecule has 1 aliphatic carbocycles. The number of Topliss-reactive ketones (excluding diaryl/α,β-unsaturated/α-hetero) is 1. The Bertz CT molecular complexity index is 438. The topological polar surface area (TPSA) is 37.3 Å². The first kappa shape index (κ1) is 13.0. The Morgan fingerprint density at radius 2 is 2.06 bits per heavy atom. The Kier molecular flexibility index (Phi) is 3.92. The predicted octanol–water partition coefficient (Wildman–Crippen LogP) is 2.97. The quantitative estimate of drug-likeness (QED) is 0.657. The van der Waals surface area contributed by atoms with Gasteiger partial charge in [0.15, 0.2) is 5.78 Å². The summed E-state index contributed by atoms with van der Waals surface area (Å²) < 4.78 is 12.8. The van der Waals surface area contributed by atoms with Crippen LogP contribution in [0.4, 0.5) is 4.39 Å². The highest BCUT2D eigenvalue weighted by atomic mass is 19.1. The molecule has 0 bridgehead atoms. The SMILES string of the molecule is C=C[C@H](O)[C@H]1CCC[C@@H]1C(=O)c1ccc(F)cc1. The van der Waals surface area contributed by atoms with Crippen LogP contribution in [0, 0.1) is 17.7 Å². The molecule has 0 heterocycles. The fourth-order valence-electron chi connectivity index (χ4n) is 2.73. The number of ketones is 1. The van der Waals surface area contributed by atoms with Crippen molar-refractivity contribution in [1.29, 1.82) is 0 Å². The lowest BCUT2D eigenvalue weighted by Crippen LogP contribution is -2.27. The number of carbonyl (C=O) groups excluding carboxylic acids is 1. The van der Waals surface area contributed by atoms with Gasteiger partial charge in [-0.1, -0.05) is 12.5 Å². The van der Waals surface area contributed by atoms with Crippen LogP contribution >= 0.6 is 0 Å². The van der Waals surface area contributed by atoms with Crippen LogP contribution in [0.3, 0.4) is 0 Å². The van der Waals surface area contributed by atoms with Gasteiger partial charge >= 0.3 is 0 Å². The van der Waals surface area contributed by atoms with Gasteiger partial charge in [0.2, 0.25) is 0 Å². The van der Waals surface area contributed by atoms with Gasteiger partial charge in [0.05, 0.1) is 6.10 Å². The molecular formula is C15H17FO2. The fourth-order valence-corrected chi connectivity index (χ4v) is 2.73. The Balaban J connectivity index is 2.17. The number of halogens is 1. The van der Waals surface area contributed by atoms with Crippen molar-refractivity contribution in [2.24, 2.45) is 11.8 Å². The van der Waals surface area contributed by atoms with Gasteiger partial charge in [-0.25, -0.2) is 4.39 Å². The Hall–Kier alpha value is -1.48. The summed E-state index contributed by atoms with van der Waals surface area (Å²) in [5.41, 5.74) is 0.518. The lowest BCUT2D eigenvalue weighted by atomic mass is 9.85. The minimum atomic E-state index is -0.637. The third kappa shape index (κ3) is 2.51. The lowest BCUT2D eigenvalue weighted by molar-refractivity contribution is 0.0777. The van der Waals surface area contributed by atoms with E-state index in [0.29, 0.717) is 5.56 Å². The van der Waals surface area contributed by atoms with Crippen LogP contribution in [-0.4, -0.2) is 17.0 Å². The Morgan fingerprint density at radius 3 is 2.67 bits per heavy atom. The summed E-state index contributed by atoms with van der Waals surface area (Å²) in [6.07, 6.45) is 3.41. The first-order chi connectivity index (χ1) is 8.63. The van der Waals surface area contributed by atoms with E-state index in [1.807, 2.05) is 0 Å². The molecule has 1 N–H and O–H groups in total. The molecule has 1 aromatic rings. The van der Waals surface area contributed by atoms with Crippen LogP contribution < -0.4 is 0 Å². The normalized spacial score (nSPS) is 24.8. The number of aliphatic hydroxyl groups excluding tert-OH is 1. The molecule has 3 heteroatoms. The van der Waals surface area contributed by atoms with Gasteiger partial charge < -0.3 is 5.11 Å². The number of rotatable bonds is 4. The number of carbonyl (C=O) groups is 1. The van der Waals surface area contributed by atoms with Crippen LogP contribution in [0.2, 0.25) is 0 Å². The zero-order valence-corrected chi connectivity index (χ0v) is 10.2. The van der Waals surface area contributed by atoms with Crippen molar-refractivity contribution in [3.8, 4) is 0 Å². The Labute approximate surface area is 106 Å². The highest BCUT2D eigenvalue weighted by Gasteiger charge is 2.36. The Morgan fingerprint density at radius 1 is 1.39 bits per heavy atom. The lowest BCUT2D eigenvalue weighted by Gasteiger charge is -2.21. The van der Waals surface area contributed by atoms with Gasteiger partial charge in [0.25, 0.3) is 0 Å². The van der Waals surface area contributed by atoms with E-state index in [0.717, 1.165) is 19.3 Å². The molecule has 1 saturated carbocycles. The summed E-state index contributed by atoms with van der Waals surface area (Å²) in [7, 11) is 0. The van der Waals surface area contributed by atoms with Crippen LogP contribution in [0.25, 0.3) is 0 Å². The van der Waals surface area contributed by atoms with Gasteiger partial charge in [-0.15, -0.1) is 6.58 Å². The van der Waals surface area contributed by atoms with Gasteiger partial charge in [-0.2, -0.15) is 0 Å². The number of benzene rings is 1. The van der Waals surface area contributed by atoms with Crippen molar-refractivity contribution in [3.05, 3.63) is 48.3 Å². The van der Waals surface area contributed by atoms with Crippen LogP contribution in [0.1, 0.15) is 29.6 Å². The molecule has 18 heavy (non-hydrogen) atoms. The molecule has 1 aliphatic rings. The first-order valence-corrected chi connectivity index (χ1v) is 6.24. The summed E-state index contributed by atoms with van der Waals surface area (Å²) >= 11 is 0. The van der Waals surface area contributed by atoms with E-state index in [-0.39, 0.29) is 23.4 Å². The molecule has 0 aliphatic heterocycles. The summed E-state index contributed by atoms with van der Waals surface area (Å²) in [6.45, 7) is 3.57. The van der Waals surface area contributed by atoms with Gasteiger partial charge in [-0.05, 0) is 43.0 Å². The van der Waals surface area contributed by atoms with E-state index in [1.54, 1.807) is 0 Å². The molecular weight excluding hydrogens is 231 g/mol. The standard InChI is InChI=1S/C15H17FO2/c1-2-14(17)12-4-3-5-13(12)15(18)10-6-8-11(16)9-7-10/h2,6-9,12-14,17H,1,3-5H2/t12-,13-,14-/m0/s1. The second kappa shape index (κ2) is 5.44. The predicted molar refractivity (Wildman–Crippen MR) is 67.8 cm³/mol. The van der Waals surface area contributed by atoms with Crippen LogP contribution in [-0.2, 0) is 0 Å². The maximum atomic E-state index is 12.8. The molecule has 2 rings (SSSR count). The van der Waals surface area contributed by atoms with Crippen molar-refractivity contribution >= 4 is 5.78 Å².